The molecule has 3 nitrogen and oxygen atoms in total. The van der Waals surface area contributed by atoms with Crippen molar-refractivity contribution in [1.82, 2.24) is 0 Å². The lowest BCUT2D eigenvalue weighted by Gasteiger charge is -2.08. The van der Waals surface area contributed by atoms with Gasteiger partial charge in [-0.15, -0.1) is 0 Å². The Hall–Kier alpha value is -1.19. The van der Waals surface area contributed by atoms with Crippen LogP contribution in [0.4, 0.5) is 0 Å². The molecule has 3 rings (SSSR count). The van der Waals surface area contributed by atoms with Crippen molar-refractivity contribution < 1.29 is 14.2 Å². The van der Waals surface area contributed by atoms with Crippen molar-refractivity contribution in [2.75, 3.05) is 13.4 Å². The summed E-state index contributed by atoms with van der Waals surface area (Å²) in [6, 6.07) is 3.71. The quantitative estimate of drug-likeness (QED) is 0.727. The number of ether oxygens (including phenoxy) is 3. The van der Waals surface area contributed by atoms with Crippen LogP contribution in [0.5, 0.6) is 11.5 Å². The first-order chi connectivity index (χ1) is 10.4. The Morgan fingerprint density at radius 3 is 2.68 bits per heavy atom. The highest BCUT2D eigenvalue weighted by Gasteiger charge is 2.55. The monoisotopic (exact) mass is 322 g/mol. The van der Waals surface area contributed by atoms with Crippen LogP contribution in [0.15, 0.2) is 23.8 Å². The van der Waals surface area contributed by atoms with Gasteiger partial charge in [0.05, 0.1) is 18.2 Å². The Bertz CT molecular complexity index is 603. The van der Waals surface area contributed by atoms with Gasteiger partial charge in [0.15, 0.2) is 11.5 Å². The van der Waals surface area contributed by atoms with Crippen LogP contribution >= 0.6 is 11.6 Å². The fraction of sp³-hybridized carbons (Fsp3) is 0.556. The Balaban J connectivity index is 1.57. The normalized spacial score (nSPS) is 24.2. The van der Waals surface area contributed by atoms with Gasteiger partial charge in [-0.1, -0.05) is 37.1 Å². The zero-order valence-corrected chi connectivity index (χ0v) is 14.4. The van der Waals surface area contributed by atoms with Crippen molar-refractivity contribution in [1.29, 1.82) is 0 Å². The zero-order chi connectivity index (χ0) is 15.9. The molecule has 0 bridgehead atoms. The summed E-state index contributed by atoms with van der Waals surface area (Å²) in [6.45, 7) is 10.4. The van der Waals surface area contributed by atoms with E-state index >= 15 is 0 Å². The molecular formula is C18H23ClO3. The summed E-state index contributed by atoms with van der Waals surface area (Å²) in [5, 5.41) is 0.667. The molecule has 1 fully saturated rings. The van der Waals surface area contributed by atoms with Crippen LogP contribution in [-0.2, 0) is 11.3 Å². The molecule has 1 aliphatic carbocycles. The molecule has 0 radical (unpaired) electrons. The maximum absolute atomic E-state index is 6.27. The fourth-order valence-corrected chi connectivity index (χ4v) is 3.37. The van der Waals surface area contributed by atoms with E-state index in [4.69, 9.17) is 25.8 Å². The molecule has 1 aliphatic heterocycles. The van der Waals surface area contributed by atoms with E-state index in [2.05, 4.69) is 33.8 Å². The Morgan fingerprint density at radius 1 is 1.32 bits per heavy atom. The molecule has 2 atom stereocenters. The second-order valence-corrected chi connectivity index (χ2v) is 7.42. The van der Waals surface area contributed by atoms with Gasteiger partial charge in [-0.25, -0.2) is 0 Å². The predicted molar refractivity (Wildman–Crippen MR) is 87.4 cm³/mol. The van der Waals surface area contributed by atoms with Crippen molar-refractivity contribution in [3.8, 4) is 11.5 Å². The van der Waals surface area contributed by atoms with E-state index in [0.717, 1.165) is 17.9 Å². The largest absolute Gasteiger partial charge is 0.454 e. The van der Waals surface area contributed by atoms with Gasteiger partial charge in [-0.2, -0.15) is 0 Å². The summed E-state index contributed by atoms with van der Waals surface area (Å²) in [6.07, 6.45) is 2.36. The second-order valence-electron chi connectivity index (χ2n) is 7.01. The molecule has 0 spiro atoms. The summed E-state index contributed by atoms with van der Waals surface area (Å²) in [4.78, 5) is 0. The molecule has 0 N–H and O–H groups in total. The van der Waals surface area contributed by atoms with Crippen LogP contribution in [0.25, 0.3) is 0 Å². The summed E-state index contributed by atoms with van der Waals surface area (Å²) in [5.41, 5.74) is 2.65. The van der Waals surface area contributed by atoms with Gasteiger partial charge < -0.3 is 14.2 Å². The highest BCUT2D eigenvalue weighted by molar-refractivity contribution is 6.31. The average molecular weight is 323 g/mol. The van der Waals surface area contributed by atoms with Crippen molar-refractivity contribution in [2.24, 2.45) is 17.3 Å². The molecule has 0 amide bonds. The molecule has 2 aliphatic rings. The van der Waals surface area contributed by atoms with E-state index < -0.39 is 0 Å². The lowest BCUT2D eigenvalue weighted by Crippen LogP contribution is -2.02. The molecule has 0 aromatic heterocycles. The first-order valence-electron chi connectivity index (χ1n) is 7.70. The second kappa shape index (κ2) is 5.78. The molecule has 4 heteroatoms. The lowest BCUT2D eigenvalue weighted by atomic mass is 10.1. The van der Waals surface area contributed by atoms with Crippen LogP contribution in [-0.4, -0.2) is 13.4 Å². The summed E-state index contributed by atoms with van der Waals surface area (Å²) in [7, 11) is 0. The maximum Gasteiger partial charge on any atom is 0.231 e. The molecule has 1 aromatic rings. The van der Waals surface area contributed by atoms with Crippen LogP contribution < -0.4 is 9.47 Å². The summed E-state index contributed by atoms with van der Waals surface area (Å²) < 4.78 is 16.6. The maximum atomic E-state index is 6.27. The van der Waals surface area contributed by atoms with E-state index in [1.165, 1.54) is 5.57 Å². The van der Waals surface area contributed by atoms with Crippen molar-refractivity contribution >= 4 is 11.6 Å². The number of benzene rings is 1. The van der Waals surface area contributed by atoms with E-state index in [-0.39, 0.29) is 6.79 Å². The molecule has 1 aromatic carbocycles. The van der Waals surface area contributed by atoms with Gasteiger partial charge in [-0.05, 0) is 37.2 Å². The minimum absolute atomic E-state index is 0.261. The molecule has 0 unspecified atom stereocenters. The molecular weight excluding hydrogens is 300 g/mol. The topological polar surface area (TPSA) is 27.7 Å². The lowest BCUT2D eigenvalue weighted by molar-refractivity contribution is 0.102. The van der Waals surface area contributed by atoms with Gasteiger partial charge in [-0.3, -0.25) is 0 Å². The molecule has 120 valence electrons. The minimum atomic E-state index is 0.261. The molecule has 22 heavy (non-hydrogen) atoms. The third-order valence-electron chi connectivity index (χ3n) is 4.75. The van der Waals surface area contributed by atoms with E-state index in [9.17, 15) is 0 Å². The van der Waals surface area contributed by atoms with Crippen LogP contribution in [0.3, 0.4) is 0 Å². The Morgan fingerprint density at radius 2 is 2.00 bits per heavy atom. The smallest absolute Gasteiger partial charge is 0.231 e. The first-order valence-corrected chi connectivity index (χ1v) is 8.08. The van der Waals surface area contributed by atoms with Gasteiger partial charge in [0.1, 0.15) is 0 Å². The van der Waals surface area contributed by atoms with Gasteiger partial charge in [0, 0.05) is 11.6 Å². The van der Waals surface area contributed by atoms with Crippen LogP contribution in [0, 0.1) is 17.3 Å². The number of hydrogen-bond acceptors (Lipinski definition) is 3. The number of halogens is 1. The van der Waals surface area contributed by atoms with Gasteiger partial charge >= 0.3 is 0 Å². The fourth-order valence-electron chi connectivity index (χ4n) is 3.16. The highest BCUT2D eigenvalue weighted by atomic mass is 35.5. The minimum Gasteiger partial charge on any atom is -0.454 e. The highest BCUT2D eigenvalue weighted by Crippen LogP contribution is 2.59. The molecule has 1 saturated carbocycles. The third kappa shape index (κ3) is 2.97. The number of rotatable bonds is 5. The Kier molecular flexibility index (Phi) is 4.13. The predicted octanol–water partition coefficient (Wildman–Crippen LogP) is 4.82. The average Bonchev–Trinajstić information content (AvgIpc) is 2.78. The summed E-state index contributed by atoms with van der Waals surface area (Å²) >= 11 is 6.27. The first kappa shape index (κ1) is 15.7. The van der Waals surface area contributed by atoms with Crippen LogP contribution in [0.2, 0.25) is 5.02 Å². The Labute approximate surface area is 137 Å². The number of fused-ring (bicyclic) bond motifs is 1. The standard InChI is InChI=1S/C18H23ClO3/c1-11(2)5-13-14(18(13,3)4)9-20-8-12-6-16-17(7-15(12)19)22-10-21-16/h5-7,13-14H,8-10H2,1-4H3/t13-,14+/m1/s1. The summed E-state index contributed by atoms with van der Waals surface area (Å²) in [5.74, 6) is 2.65. The molecule has 1 heterocycles. The number of hydrogen-bond donors (Lipinski definition) is 0. The third-order valence-corrected chi connectivity index (χ3v) is 5.10. The van der Waals surface area contributed by atoms with E-state index in [0.29, 0.717) is 34.6 Å². The zero-order valence-electron chi connectivity index (χ0n) is 13.6. The van der Waals surface area contributed by atoms with Crippen molar-refractivity contribution in [3.05, 3.63) is 34.4 Å². The van der Waals surface area contributed by atoms with Crippen molar-refractivity contribution in [2.45, 2.75) is 34.3 Å². The van der Waals surface area contributed by atoms with E-state index in [1.807, 2.05) is 6.07 Å². The number of allylic oxidation sites excluding steroid dienone is 2. The van der Waals surface area contributed by atoms with Gasteiger partial charge in [0.2, 0.25) is 6.79 Å². The van der Waals surface area contributed by atoms with E-state index in [1.54, 1.807) is 6.07 Å². The molecule has 0 saturated heterocycles. The van der Waals surface area contributed by atoms with Crippen molar-refractivity contribution in [3.63, 3.8) is 0 Å². The SMILES string of the molecule is CC(C)=C[C@@H]1[C@H](COCc2cc3c(cc2Cl)OCO3)C1(C)C. The van der Waals surface area contributed by atoms with Crippen LogP contribution in [0.1, 0.15) is 33.3 Å². The van der Waals surface area contributed by atoms with Gasteiger partial charge in [0.25, 0.3) is 0 Å².